The Morgan fingerprint density at radius 3 is 2.95 bits per heavy atom. The number of benzene rings is 1. The van der Waals surface area contributed by atoms with Gasteiger partial charge in [-0.2, -0.15) is 5.21 Å². The van der Waals surface area contributed by atoms with Crippen LogP contribution >= 0.6 is 0 Å². The van der Waals surface area contributed by atoms with Gasteiger partial charge < -0.3 is 10.4 Å². The Morgan fingerprint density at radius 2 is 2.14 bits per heavy atom. The number of nitrogens with zero attached hydrogens (tertiary/aromatic N) is 4. The van der Waals surface area contributed by atoms with Gasteiger partial charge in [-0.05, 0) is 36.4 Å². The van der Waals surface area contributed by atoms with Gasteiger partial charge in [0.15, 0.2) is 0 Å². The van der Waals surface area contributed by atoms with Gasteiger partial charge in [-0.15, -0.1) is 10.2 Å². The molecule has 21 heavy (non-hydrogen) atoms. The smallest absolute Gasteiger partial charge is 0.204 e. The van der Waals surface area contributed by atoms with Crippen molar-refractivity contribution in [1.29, 1.82) is 0 Å². The van der Waals surface area contributed by atoms with E-state index in [-0.39, 0.29) is 5.75 Å². The molecule has 0 radical (unpaired) electrons. The molecular weight excluding hydrogens is 268 g/mol. The molecule has 0 saturated carbocycles. The monoisotopic (exact) mass is 282 g/mol. The molecule has 3 aromatic rings. The van der Waals surface area contributed by atoms with Gasteiger partial charge in [0.1, 0.15) is 11.4 Å². The fourth-order valence-corrected chi connectivity index (χ4v) is 1.97. The number of tetrazole rings is 1. The van der Waals surface area contributed by atoms with E-state index in [9.17, 15) is 5.11 Å². The molecule has 1 aromatic carbocycles. The highest BCUT2D eigenvalue weighted by Crippen LogP contribution is 2.20. The SMILES string of the molecule is Cc1ccc(O)c(CNc2cccc(-c3nn[nH]n3)c2)n1. The Bertz CT molecular complexity index is 741. The van der Waals surface area contributed by atoms with Crippen molar-refractivity contribution in [2.75, 3.05) is 5.32 Å². The van der Waals surface area contributed by atoms with Crippen molar-refractivity contribution in [3.8, 4) is 17.1 Å². The summed E-state index contributed by atoms with van der Waals surface area (Å²) in [7, 11) is 0. The standard InChI is InChI=1S/C14H14N6O/c1-9-5-6-13(21)12(16-9)8-15-11-4-2-3-10(7-11)14-17-19-20-18-14/h2-7,15,21H,8H2,1H3,(H,17,18,19,20). The summed E-state index contributed by atoms with van der Waals surface area (Å²) >= 11 is 0. The Hall–Kier alpha value is -2.96. The maximum absolute atomic E-state index is 9.78. The third-order valence-electron chi connectivity index (χ3n) is 3.02. The molecule has 106 valence electrons. The van der Waals surface area contributed by atoms with E-state index in [0.29, 0.717) is 18.1 Å². The summed E-state index contributed by atoms with van der Waals surface area (Å²) in [5.74, 6) is 0.720. The summed E-state index contributed by atoms with van der Waals surface area (Å²) in [5.41, 5.74) is 3.22. The summed E-state index contributed by atoms with van der Waals surface area (Å²) in [6.07, 6.45) is 0. The molecule has 2 heterocycles. The normalized spacial score (nSPS) is 10.5. The van der Waals surface area contributed by atoms with E-state index in [1.807, 2.05) is 31.2 Å². The van der Waals surface area contributed by atoms with Crippen LogP contribution in [0.4, 0.5) is 5.69 Å². The van der Waals surface area contributed by atoms with Crippen LogP contribution in [0.3, 0.4) is 0 Å². The lowest BCUT2D eigenvalue weighted by Crippen LogP contribution is -2.03. The Labute approximate surface area is 121 Å². The van der Waals surface area contributed by atoms with Crippen molar-refractivity contribution < 1.29 is 5.11 Å². The van der Waals surface area contributed by atoms with Crippen molar-refractivity contribution in [3.63, 3.8) is 0 Å². The molecule has 0 saturated heterocycles. The number of hydrogen-bond acceptors (Lipinski definition) is 6. The zero-order valence-electron chi connectivity index (χ0n) is 11.4. The number of H-pyrrole nitrogens is 1. The highest BCUT2D eigenvalue weighted by molar-refractivity contribution is 5.61. The molecule has 0 aliphatic carbocycles. The number of aromatic hydroxyl groups is 1. The maximum Gasteiger partial charge on any atom is 0.204 e. The van der Waals surface area contributed by atoms with Gasteiger partial charge in [0.05, 0.1) is 6.54 Å². The van der Waals surface area contributed by atoms with Crippen molar-refractivity contribution in [3.05, 3.63) is 47.8 Å². The number of rotatable bonds is 4. The number of aromatic nitrogens is 5. The van der Waals surface area contributed by atoms with Crippen LogP contribution in [-0.2, 0) is 6.54 Å². The first-order valence-corrected chi connectivity index (χ1v) is 6.45. The average Bonchev–Trinajstić information content (AvgIpc) is 3.03. The summed E-state index contributed by atoms with van der Waals surface area (Å²) < 4.78 is 0. The zero-order chi connectivity index (χ0) is 14.7. The van der Waals surface area contributed by atoms with E-state index in [0.717, 1.165) is 16.9 Å². The lowest BCUT2D eigenvalue weighted by atomic mass is 10.2. The van der Waals surface area contributed by atoms with Crippen molar-refractivity contribution in [2.45, 2.75) is 13.5 Å². The minimum atomic E-state index is 0.183. The average molecular weight is 282 g/mol. The second kappa shape index (κ2) is 5.58. The van der Waals surface area contributed by atoms with E-state index >= 15 is 0 Å². The molecule has 0 aliphatic rings. The first-order chi connectivity index (χ1) is 10.2. The van der Waals surface area contributed by atoms with E-state index in [1.165, 1.54) is 0 Å². The van der Waals surface area contributed by atoms with Crippen molar-refractivity contribution in [1.82, 2.24) is 25.6 Å². The van der Waals surface area contributed by atoms with E-state index < -0.39 is 0 Å². The predicted octanol–water partition coefficient (Wildman–Crippen LogP) is 1.89. The molecule has 0 atom stereocenters. The molecule has 3 N–H and O–H groups in total. The molecule has 7 heteroatoms. The predicted molar refractivity (Wildman–Crippen MR) is 77.6 cm³/mol. The van der Waals surface area contributed by atoms with Crippen LogP contribution in [0.1, 0.15) is 11.4 Å². The van der Waals surface area contributed by atoms with Crippen molar-refractivity contribution >= 4 is 5.69 Å². The molecular formula is C14H14N6O. The molecule has 0 bridgehead atoms. The second-order valence-corrected chi connectivity index (χ2v) is 4.59. The lowest BCUT2D eigenvalue weighted by Gasteiger charge is -2.09. The van der Waals surface area contributed by atoms with E-state index in [2.05, 4.69) is 30.9 Å². The molecule has 7 nitrogen and oxygen atoms in total. The van der Waals surface area contributed by atoms with Crippen LogP contribution < -0.4 is 5.32 Å². The van der Waals surface area contributed by atoms with Crippen LogP contribution in [0.5, 0.6) is 5.75 Å². The Balaban J connectivity index is 1.76. The molecule has 3 rings (SSSR count). The quantitative estimate of drug-likeness (QED) is 0.675. The number of aromatic amines is 1. The number of anilines is 1. The minimum Gasteiger partial charge on any atom is -0.506 e. The Kier molecular flexibility index (Phi) is 3.46. The second-order valence-electron chi connectivity index (χ2n) is 4.59. The Morgan fingerprint density at radius 1 is 1.24 bits per heavy atom. The number of pyridine rings is 1. The van der Waals surface area contributed by atoms with E-state index in [4.69, 9.17) is 0 Å². The van der Waals surface area contributed by atoms with Gasteiger partial charge in [-0.3, -0.25) is 4.98 Å². The highest BCUT2D eigenvalue weighted by Gasteiger charge is 2.05. The fraction of sp³-hybridized carbons (Fsp3) is 0.143. The van der Waals surface area contributed by atoms with Gasteiger partial charge >= 0.3 is 0 Å². The molecule has 2 aromatic heterocycles. The van der Waals surface area contributed by atoms with Gasteiger partial charge in [0.25, 0.3) is 0 Å². The number of hydrogen-bond donors (Lipinski definition) is 3. The van der Waals surface area contributed by atoms with Gasteiger partial charge in [0, 0.05) is 16.9 Å². The minimum absolute atomic E-state index is 0.183. The molecule has 0 unspecified atom stereocenters. The summed E-state index contributed by atoms with van der Waals surface area (Å²) in [6, 6.07) is 11.1. The molecule has 0 spiro atoms. The van der Waals surface area contributed by atoms with Crippen LogP contribution in [-0.4, -0.2) is 30.7 Å². The third-order valence-corrected chi connectivity index (χ3v) is 3.02. The van der Waals surface area contributed by atoms with E-state index in [1.54, 1.807) is 12.1 Å². The van der Waals surface area contributed by atoms with Gasteiger partial charge in [0.2, 0.25) is 5.82 Å². The zero-order valence-corrected chi connectivity index (χ0v) is 11.4. The third kappa shape index (κ3) is 2.97. The molecule has 0 fully saturated rings. The van der Waals surface area contributed by atoms with Crippen LogP contribution in [0, 0.1) is 6.92 Å². The number of nitrogens with one attached hydrogen (secondary N) is 2. The molecule has 0 amide bonds. The lowest BCUT2D eigenvalue weighted by molar-refractivity contribution is 0.464. The highest BCUT2D eigenvalue weighted by atomic mass is 16.3. The van der Waals surface area contributed by atoms with Gasteiger partial charge in [-0.1, -0.05) is 12.1 Å². The van der Waals surface area contributed by atoms with Crippen LogP contribution in [0.25, 0.3) is 11.4 Å². The van der Waals surface area contributed by atoms with Crippen molar-refractivity contribution in [2.24, 2.45) is 0 Å². The first kappa shape index (κ1) is 13.0. The van der Waals surface area contributed by atoms with Crippen LogP contribution in [0.2, 0.25) is 0 Å². The summed E-state index contributed by atoms with van der Waals surface area (Å²) in [6.45, 7) is 2.32. The van der Waals surface area contributed by atoms with Gasteiger partial charge in [-0.25, -0.2) is 0 Å². The first-order valence-electron chi connectivity index (χ1n) is 6.45. The fourth-order valence-electron chi connectivity index (χ4n) is 1.97. The summed E-state index contributed by atoms with van der Waals surface area (Å²) in [5, 5.41) is 26.9. The number of aryl methyl sites for hydroxylation is 1. The van der Waals surface area contributed by atoms with Crippen LogP contribution in [0.15, 0.2) is 36.4 Å². The molecule has 0 aliphatic heterocycles. The largest absolute Gasteiger partial charge is 0.506 e. The maximum atomic E-state index is 9.78. The summed E-state index contributed by atoms with van der Waals surface area (Å²) in [4.78, 5) is 4.31. The topological polar surface area (TPSA) is 99.6 Å².